The molecular weight excluding hydrogens is 388 g/mol. The standard InChI is InChI=1S/C25H26N4O2/c1-14-5-4-6-17(9-14)21-11-20(25(26)30)24-23(27-21)19-8-7-18(10-22(19)28-24)29-12-15(2)31-16(3)13-29/h4-11,15-16,28H,12-13H2,1-3H3,(H2,26,30)/t15-,16+. The minimum Gasteiger partial charge on any atom is -0.372 e. The zero-order chi connectivity index (χ0) is 21.7. The number of hydrogen-bond acceptors (Lipinski definition) is 4. The van der Waals surface area contributed by atoms with Crippen LogP contribution < -0.4 is 10.6 Å². The molecule has 31 heavy (non-hydrogen) atoms. The van der Waals surface area contributed by atoms with Gasteiger partial charge in [0.25, 0.3) is 5.91 Å². The van der Waals surface area contributed by atoms with Crippen LogP contribution in [0.3, 0.4) is 0 Å². The number of aromatic nitrogens is 2. The van der Waals surface area contributed by atoms with Gasteiger partial charge in [0.2, 0.25) is 0 Å². The number of nitrogens with two attached hydrogens (primary N) is 1. The predicted octanol–water partition coefficient (Wildman–Crippen LogP) is 4.40. The van der Waals surface area contributed by atoms with Gasteiger partial charge >= 0.3 is 0 Å². The lowest BCUT2D eigenvalue weighted by Crippen LogP contribution is -2.45. The molecule has 5 rings (SSSR count). The van der Waals surface area contributed by atoms with E-state index in [1.54, 1.807) is 6.07 Å². The number of anilines is 1. The molecule has 2 atom stereocenters. The number of pyridine rings is 1. The molecule has 0 saturated carbocycles. The van der Waals surface area contributed by atoms with Crippen LogP contribution in [0.2, 0.25) is 0 Å². The molecule has 1 aliphatic heterocycles. The van der Waals surface area contributed by atoms with Gasteiger partial charge in [-0.05, 0) is 51.1 Å². The Hall–Kier alpha value is -3.38. The quantitative estimate of drug-likeness (QED) is 0.520. The number of rotatable bonds is 3. The van der Waals surface area contributed by atoms with Crippen molar-refractivity contribution in [3.8, 4) is 11.3 Å². The SMILES string of the molecule is Cc1cccc(-c2cc(C(N)=O)c3[nH]c4cc(N5C[C@@H](C)O[C@@H](C)C5)ccc4c3n2)c1. The molecule has 1 fully saturated rings. The number of aryl methyl sites for hydroxylation is 1. The molecule has 0 radical (unpaired) electrons. The normalized spacial score (nSPS) is 19.3. The molecule has 6 nitrogen and oxygen atoms in total. The number of aromatic amines is 1. The molecule has 2 aromatic carbocycles. The Morgan fingerprint density at radius 3 is 2.61 bits per heavy atom. The Morgan fingerprint density at radius 2 is 1.90 bits per heavy atom. The molecule has 158 valence electrons. The summed E-state index contributed by atoms with van der Waals surface area (Å²) in [5.74, 6) is -0.469. The van der Waals surface area contributed by atoms with Crippen LogP contribution in [0.4, 0.5) is 5.69 Å². The van der Waals surface area contributed by atoms with E-state index < -0.39 is 5.91 Å². The summed E-state index contributed by atoms with van der Waals surface area (Å²) < 4.78 is 5.87. The van der Waals surface area contributed by atoms with Crippen LogP contribution in [-0.4, -0.2) is 41.2 Å². The molecule has 3 N–H and O–H groups in total. The van der Waals surface area contributed by atoms with E-state index in [2.05, 4.69) is 48.0 Å². The van der Waals surface area contributed by atoms with Gasteiger partial charge in [-0.25, -0.2) is 4.98 Å². The molecule has 1 amide bonds. The fourth-order valence-corrected chi connectivity index (χ4v) is 4.58. The molecule has 4 aromatic rings. The van der Waals surface area contributed by atoms with E-state index in [0.717, 1.165) is 52.0 Å². The van der Waals surface area contributed by atoms with Crippen LogP contribution in [0.15, 0.2) is 48.5 Å². The van der Waals surface area contributed by atoms with E-state index in [-0.39, 0.29) is 12.2 Å². The van der Waals surface area contributed by atoms with Gasteiger partial charge in [0.1, 0.15) is 0 Å². The molecule has 0 bridgehead atoms. The average Bonchev–Trinajstić information content (AvgIpc) is 3.10. The van der Waals surface area contributed by atoms with Crippen molar-refractivity contribution in [1.29, 1.82) is 0 Å². The van der Waals surface area contributed by atoms with Crippen LogP contribution in [-0.2, 0) is 4.74 Å². The van der Waals surface area contributed by atoms with Crippen LogP contribution in [0.1, 0.15) is 29.8 Å². The van der Waals surface area contributed by atoms with Crippen molar-refractivity contribution >= 4 is 33.5 Å². The Balaban J connectivity index is 1.67. The van der Waals surface area contributed by atoms with E-state index >= 15 is 0 Å². The van der Waals surface area contributed by atoms with Crippen molar-refractivity contribution in [2.75, 3.05) is 18.0 Å². The third-order valence-electron chi connectivity index (χ3n) is 5.90. The van der Waals surface area contributed by atoms with E-state index in [1.807, 2.05) is 25.1 Å². The first-order valence-corrected chi connectivity index (χ1v) is 10.6. The molecule has 3 heterocycles. The Labute approximate surface area is 181 Å². The van der Waals surface area contributed by atoms with Crippen molar-refractivity contribution in [3.05, 3.63) is 59.7 Å². The summed E-state index contributed by atoms with van der Waals surface area (Å²) in [5.41, 5.74) is 12.5. The molecule has 0 unspecified atom stereocenters. The van der Waals surface area contributed by atoms with E-state index in [0.29, 0.717) is 11.1 Å². The van der Waals surface area contributed by atoms with Gasteiger partial charge < -0.3 is 20.4 Å². The first kappa shape index (κ1) is 19.6. The number of fused-ring (bicyclic) bond motifs is 3. The fraction of sp³-hybridized carbons (Fsp3) is 0.280. The number of nitrogens with zero attached hydrogens (tertiary/aromatic N) is 2. The maximum atomic E-state index is 12.3. The number of carbonyl (C=O) groups is 1. The Morgan fingerprint density at radius 1 is 1.13 bits per heavy atom. The Bertz CT molecular complexity index is 1300. The second-order valence-electron chi connectivity index (χ2n) is 8.53. The summed E-state index contributed by atoms with van der Waals surface area (Å²) in [6.45, 7) is 7.92. The minimum atomic E-state index is -0.469. The lowest BCUT2D eigenvalue weighted by atomic mass is 10.0. The molecule has 6 heteroatoms. The van der Waals surface area contributed by atoms with Crippen molar-refractivity contribution in [2.45, 2.75) is 33.0 Å². The van der Waals surface area contributed by atoms with Gasteiger partial charge in [0.05, 0.1) is 40.0 Å². The smallest absolute Gasteiger partial charge is 0.250 e. The van der Waals surface area contributed by atoms with Gasteiger partial charge in [-0.3, -0.25) is 4.79 Å². The zero-order valence-corrected chi connectivity index (χ0v) is 18.0. The highest BCUT2D eigenvalue weighted by Crippen LogP contribution is 2.33. The molecule has 1 saturated heterocycles. The minimum absolute atomic E-state index is 0.183. The second-order valence-corrected chi connectivity index (χ2v) is 8.53. The number of morpholine rings is 1. The van der Waals surface area contributed by atoms with Gasteiger partial charge in [-0.1, -0.05) is 23.8 Å². The third kappa shape index (κ3) is 3.53. The summed E-state index contributed by atoms with van der Waals surface area (Å²) in [6, 6.07) is 16.2. The van der Waals surface area contributed by atoms with Crippen LogP contribution in [0, 0.1) is 6.92 Å². The predicted molar refractivity (Wildman–Crippen MR) is 125 cm³/mol. The summed E-state index contributed by atoms with van der Waals surface area (Å²) in [4.78, 5) is 22.9. The molecule has 0 spiro atoms. The van der Waals surface area contributed by atoms with Crippen molar-refractivity contribution < 1.29 is 9.53 Å². The molecule has 2 aromatic heterocycles. The average molecular weight is 415 g/mol. The van der Waals surface area contributed by atoms with E-state index in [9.17, 15) is 4.79 Å². The van der Waals surface area contributed by atoms with Crippen LogP contribution in [0.25, 0.3) is 33.2 Å². The van der Waals surface area contributed by atoms with Crippen molar-refractivity contribution in [2.24, 2.45) is 5.73 Å². The highest BCUT2D eigenvalue weighted by molar-refractivity contribution is 6.14. The van der Waals surface area contributed by atoms with Crippen LogP contribution >= 0.6 is 0 Å². The monoisotopic (exact) mass is 414 g/mol. The van der Waals surface area contributed by atoms with Crippen molar-refractivity contribution in [1.82, 2.24) is 9.97 Å². The first-order chi connectivity index (χ1) is 14.9. The van der Waals surface area contributed by atoms with Crippen molar-refractivity contribution in [3.63, 3.8) is 0 Å². The number of H-pyrrole nitrogens is 1. The number of benzene rings is 2. The highest BCUT2D eigenvalue weighted by Gasteiger charge is 2.23. The topological polar surface area (TPSA) is 84.2 Å². The maximum Gasteiger partial charge on any atom is 0.250 e. The third-order valence-corrected chi connectivity index (χ3v) is 5.90. The number of amides is 1. The summed E-state index contributed by atoms with van der Waals surface area (Å²) in [7, 11) is 0. The van der Waals surface area contributed by atoms with Crippen LogP contribution in [0.5, 0.6) is 0 Å². The zero-order valence-electron chi connectivity index (χ0n) is 18.0. The maximum absolute atomic E-state index is 12.3. The van der Waals surface area contributed by atoms with Gasteiger partial charge in [-0.2, -0.15) is 0 Å². The second kappa shape index (κ2) is 7.39. The number of primary amides is 1. The summed E-state index contributed by atoms with van der Waals surface area (Å²) in [6.07, 6.45) is 0.365. The number of nitrogens with one attached hydrogen (secondary N) is 1. The molecular formula is C25H26N4O2. The fourth-order valence-electron chi connectivity index (χ4n) is 4.58. The summed E-state index contributed by atoms with van der Waals surface area (Å²) in [5, 5.41) is 0.977. The Kier molecular flexibility index (Phi) is 4.67. The van der Waals surface area contributed by atoms with E-state index in [1.165, 1.54) is 0 Å². The number of ether oxygens (including phenoxy) is 1. The van der Waals surface area contributed by atoms with Gasteiger partial charge in [0, 0.05) is 29.7 Å². The summed E-state index contributed by atoms with van der Waals surface area (Å²) >= 11 is 0. The number of carbonyl (C=O) groups excluding carboxylic acids is 1. The van der Waals surface area contributed by atoms with Gasteiger partial charge in [-0.15, -0.1) is 0 Å². The van der Waals surface area contributed by atoms with E-state index in [4.69, 9.17) is 15.5 Å². The highest BCUT2D eigenvalue weighted by atomic mass is 16.5. The van der Waals surface area contributed by atoms with Gasteiger partial charge in [0.15, 0.2) is 0 Å². The lowest BCUT2D eigenvalue weighted by Gasteiger charge is -2.36. The molecule has 1 aliphatic rings. The number of hydrogen-bond donors (Lipinski definition) is 2. The lowest BCUT2D eigenvalue weighted by molar-refractivity contribution is -0.00521. The first-order valence-electron chi connectivity index (χ1n) is 10.6. The molecule has 0 aliphatic carbocycles. The largest absolute Gasteiger partial charge is 0.372 e.